The van der Waals surface area contributed by atoms with E-state index < -0.39 is 10.7 Å². The number of hydrogen-bond acceptors (Lipinski definition) is 1. The molecule has 0 unspecified atom stereocenters. The van der Waals surface area contributed by atoms with Crippen LogP contribution in [-0.2, 0) is 4.79 Å². The van der Waals surface area contributed by atoms with E-state index in [0.29, 0.717) is 0 Å². The molecule has 68 valence electrons. The van der Waals surface area contributed by atoms with E-state index in [1.165, 1.54) is 6.21 Å². The second-order valence-corrected chi connectivity index (χ2v) is 3.40. The van der Waals surface area contributed by atoms with Crippen molar-refractivity contribution in [1.29, 1.82) is 0 Å². The molecule has 0 spiro atoms. The van der Waals surface area contributed by atoms with E-state index in [9.17, 15) is 4.79 Å². The molecule has 0 aliphatic rings. The zero-order valence-electron chi connectivity index (χ0n) is 6.65. The van der Waals surface area contributed by atoms with E-state index in [-0.39, 0.29) is 0 Å². The molecule has 0 saturated heterocycles. The monoisotopic (exact) mass is 215 g/mol. The highest BCUT2D eigenvalue weighted by Gasteiger charge is 2.07. The van der Waals surface area contributed by atoms with Crippen molar-refractivity contribution in [3.05, 3.63) is 35.9 Å². The average Bonchev–Trinajstić information content (AvgIpc) is 2.15. The van der Waals surface area contributed by atoms with Crippen LogP contribution in [0.2, 0.25) is 0 Å². The smallest absolute Gasteiger partial charge is 0.269 e. The molecule has 0 aliphatic heterocycles. The van der Waals surface area contributed by atoms with E-state index >= 15 is 0 Å². The van der Waals surface area contributed by atoms with Gasteiger partial charge in [-0.25, -0.2) is 4.99 Å². The standard InChI is InChI=1S/C9H7Cl2NO/c10-8(11)9(13)12-6-7-4-2-1-3-5-7/h1-6,8H. The Morgan fingerprint density at radius 2 is 1.92 bits per heavy atom. The fourth-order valence-electron chi connectivity index (χ4n) is 0.734. The lowest BCUT2D eigenvalue weighted by molar-refractivity contribution is -0.116. The maximum absolute atomic E-state index is 10.9. The third kappa shape index (κ3) is 3.57. The molecule has 0 fully saturated rings. The van der Waals surface area contributed by atoms with Crippen molar-refractivity contribution >= 4 is 35.3 Å². The van der Waals surface area contributed by atoms with Gasteiger partial charge >= 0.3 is 0 Å². The number of benzene rings is 1. The molecule has 1 aromatic rings. The van der Waals surface area contributed by atoms with Crippen LogP contribution in [0, 0.1) is 0 Å². The normalized spacial score (nSPS) is 11.0. The van der Waals surface area contributed by atoms with Gasteiger partial charge in [-0.05, 0) is 5.56 Å². The molecule has 0 saturated carbocycles. The van der Waals surface area contributed by atoms with E-state index in [1.54, 1.807) is 0 Å². The summed E-state index contributed by atoms with van der Waals surface area (Å²) in [5.41, 5.74) is 0.838. The van der Waals surface area contributed by atoms with Gasteiger partial charge in [0.1, 0.15) is 0 Å². The Bertz CT molecular complexity index is 309. The molecular formula is C9H7Cl2NO. The van der Waals surface area contributed by atoms with Crippen molar-refractivity contribution in [2.75, 3.05) is 0 Å². The third-order valence-corrected chi connectivity index (χ3v) is 1.70. The molecule has 4 heteroatoms. The van der Waals surface area contributed by atoms with Crippen molar-refractivity contribution in [1.82, 2.24) is 0 Å². The van der Waals surface area contributed by atoms with Gasteiger partial charge < -0.3 is 0 Å². The summed E-state index contributed by atoms with van der Waals surface area (Å²) < 4.78 is 0. The number of halogens is 2. The van der Waals surface area contributed by atoms with Crippen LogP contribution in [0.15, 0.2) is 35.3 Å². The quantitative estimate of drug-likeness (QED) is 0.551. The van der Waals surface area contributed by atoms with Crippen molar-refractivity contribution in [2.24, 2.45) is 4.99 Å². The van der Waals surface area contributed by atoms with Crippen LogP contribution in [0.4, 0.5) is 0 Å². The van der Waals surface area contributed by atoms with Crippen molar-refractivity contribution < 1.29 is 4.79 Å². The van der Waals surface area contributed by atoms with Crippen LogP contribution in [0.25, 0.3) is 0 Å². The zero-order chi connectivity index (χ0) is 9.68. The first-order valence-electron chi connectivity index (χ1n) is 3.61. The summed E-state index contributed by atoms with van der Waals surface area (Å²) in [7, 11) is 0. The summed E-state index contributed by atoms with van der Waals surface area (Å²) >= 11 is 10.6. The van der Waals surface area contributed by atoms with Crippen LogP contribution in [-0.4, -0.2) is 17.0 Å². The molecule has 1 rings (SSSR count). The SMILES string of the molecule is O=C(N=Cc1ccccc1)C(Cl)Cl. The second-order valence-electron chi connectivity index (χ2n) is 2.31. The molecule has 13 heavy (non-hydrogen) atoms. The zero-order valence-corrected chi connectivity index (χ0v) is 8.16. The average molecular weight is 216 g/mol. The van der Waals surface area contributed by atoms with Crippen LogP contribution >= 0.6 is 23.2 Å². The van der Waals surface area contributed by atoms with Crippen LogP contribution in [0.3, 0.4) is 0 Å². The Hall–Kier alpha value is -0.860. The molecule has 0 atom stereocenters. The summed E-state index contributed by atoms with van der Waals surface area (Å²) in [5, 5.41) is 0. The predicted octanol–water partition coefficient (Wildman–Crippen LogP) is 2.44. The maximum Gasteiger partial charge on any atom is 0.278 e. The van der Waals surface area contributed by atoms with E-state index in [1.807, 2.05) is 30.3 Å². The van der Waals surface area contributed by atoms with Gasteiger partial charge in [0.05, 0.1) is 0 Å². The molecule has 1 aromatic carbocycles. The van der Waals surface area contributed by atoms with Crippen LogP contribution in [0.1, 0.15) is 5.56 Å². The van der Waals surface area contributed by atoms with Gasteiger partial charge in [-0.3, -0.25) is 4.79 Å². The summed E-state index contributed by atoms with van der Waals surface area (Å²) in [6, 6.07) is 9.24. The number of nitrogens with zero attached hydrogens (tertiary/aromatic N) is 1. The molecule has 2 nitrogen and oxygen atoms in total. The third-order valence-electron chi connectivity index (χ3n) is 1.33. The first kappa shape index (κ1) is 10.2. The Kier molecular flexibility index (Phi) is 3.93. The Morgan fingerprint density at radius 3 is 2.46 bits per heavy atom. The lowest BCUT2D eigenvalue weighted by Gasteiger charge is -1.92. The van der Waals surface area contributed by atoms with Gasteiger partial charge in [-0.15, -0.1) is 0 Å². The van der Waals surface area contributed by atoms with Gasteiger partial charge in [0.15, 0.2) is 4.84 Å². The minimum absolute atomic E-state index is 0.549. The van der Waals surface area contributed by atoms with Gasteiger partial charge in [-0.2, -0.15) is 0 Å². The summed E-state index contributed by atoms with van der Waals surface area (Å²) in [6.07, 6.45) is 1.43. The van der Waals surface area contributed by atoms with Crippen LogP contribution < -0.4 is 0 Å². The minimum atomic E-state index is -1.08. The molecule has 0 heterocycles. The topological polar surface area (TPSA) is 29.4 Å². The number of hydrogen-bond donors (Lipinski definition) is 0. The van der Waals surface area contributed by atoms with Crippen molar-refractivity contribution in [3.8, 4) is 0 Å². The lowest BCUT2D eigenvalue weighted by atomic mass is 10.2. The number of carbonyl (C=O) groups excluding carboxylic acids is 1. The van der Waals surface area contributed by atoms with Gasteiger partial charge in [0.2, 0.25) is 0 Å². The number of carbonyl (C=O) groups is 1. The lowest BCUT2D eigenvalue weighted by Crippen LogP contribution is -2.03. The van der Waals surface area contributed by atoms with E-state index in [4.69, 9.17) is 23.2 Å². The summed E-state index contributed by atoms with van der Waals surface area (Å²) in [6.45, 7) is 0. The number of rotatable bonds is 2. The summed E-state index contributed by atoms with van der Waals surface area (Å²) in [4.78, 5) is 13.3. The van der Waals surface area contributed by atoms with Crippen molar-refractivity contribution in [3.63, 3.8) is 0 Å². The predicted molar refractivity (Wildman–Crippen MR) is 54.5 cm³/mol. The molecular weight excluding hydrogens is 209 g/mol. The first-order valence-corrected chi connectivity index (χ1v) is 4.48. The highest BCUT2D eigenvalue weighted by Crippen LogP contribution is 2.03. The van der Waals surface area contributed by atoms with Gasteiger partial charge in [-0.1, -0.05) is 53.5 Å². The number of aliphatic imine (C=N–C) groups is 1. The van der Waals surface area contributed by atoms with E-state index in [0.717, 1.165) is 5.56 Å². The second kappa shape index (κ2) is 5.00. The Labute approximate surface area is 86.2 Å². The minimum Gasteiger partial charge on any atom is -0.269 e. The number of amides is 1. The van der Waals surface area contributed by atoms with Gasteiger partial charge in [0, 0.05) is 6.21 Å². The highest BCUT2D eigenvalue weighted by molar-refractivity contribution is 6.53. The largest absolute Gasteiger partial charge is 0.278 e. The Balaban J connectivity index is 2.64. The van der Waals surface area contributed by atoms with Crippen molar-refractivity contribution in [2.45, 2.75) is 4.84 Å². The first-order chi connectivity index (χ1) is 6.20. The molecule has 0 aromatic heterocycles. The van der Waals surface area contributed by atoms with E-state index in [2.05, 4.69) is 4.99 Å². The number of alkyl halides is 2. The molecule has 0 bridgehead atoms. The summed E-state index contributed by atoms with van der Waals surface area (Å²) in [5.74, 6) is -0.549. The Morgan fingerprint density at radius 1 is 1.31 bits per heavy atom. The molecule has 0 aliphatic carbocycles. The fourth-order valence-corrected chi connectivity index (χ4v) is 0.846. The molecule has 0 radical (unpaired) electrons. The maximum atomic E-state index is 10.9. The van der Waals surface area contributed by atoms with Crippen LogP contribution in [0.5, 0.6) is 0 Å². The molecule has 1 amide bonds. The fraction of sp³-hybridized carbons (Fsp3) is 0.111. The highest BCUT2D eigenvalue weighted by atomic mass is 35.5. The van der Waals surface area contributed by atoms with Gasteiger partial charge in [0.25, 0.3) is 5.91 Å². The molecule has 0 N–H and O–H groups in total.